The zero-order chi connectivity index (χ0) is 52.9. The molecular formula is C67H127NO5. The van der Waals surface area contributed by atoms with Gasteiger partial charge in [0, 0.05) is 12.8 Å². The molecule has 0 aliphatic rings. The third-order valence-corrected chi connectivity index (χ3v) is 15.2. The summed E-state index contributed by atoms with van der Waals surface area (Å²) in [7, 11) is 0. The molecule has 1 amide bonds. The number of allylic oxidation sites excluding steroid dienone is 5. The van der Waals surface area contributed by atoms with E-state index in [1.807, 2.05) is 6.08 Å². The Hall–Kier alpha value is -1.92. The molecule has 0 rings (SSSR count). The van der Waals surface area contributed by atoms with Gasteiger partial charge in [0.25, 0.3) is 0 Å². The smallest absolute Gasteiger partial charge is 0.305 e. The molecule has 2 unspecified atom stereocenters. The van der Waals surface area contributed by atoms with Crippen LogP contribution in [0.1, 0.15) is 354 Å². The Kier molecular flexibility index (Phi) is 61.0. The van der Waals surface area contributed by atoms with E-state index in [1.54, 1.807) is 6.08 Å². The van der Waals surface area contributed by atoms with Crippen LogP contribution in [0.25, 0.3) is 0 Å². The lowest BCUT2D eigenvalue weighted by Crippen LogP contribution is -2.45. The van der Waals surface area contributed by atoms with Gasteiger partial charge in [-0.05, 0) is 64.2 Å². The average Bonchev–Trinajstić information content (AvgIpc) is 3.39. The van der Waals surface area contributed by atoms with Crippen LogP contribution in [-0.2, 0) is 14.3 Å². The summed E-state index contributed by atoms with van der Waals surface area (Å²) in [6.07, 6.45) is 79.2. The molecule has 73 heavy (non-hydrogen) atoms. The minimum atomic E-state index is -0.846. The standard InChI is InChI=1S/C67H127NO5/c1-3-5-7-9-11-13-15-17-18-33-37-41-45-49-53-57-61-67(72)73-62-58-54-50-46-42-38-34-31-29-27-25-23-21-19-20-22-24-26-28-30-32-36-40-44-48-52-56-60-66(71)68-64(63-69)65(70)59-55-51-47-43-39-35-16-14-12-10-8-6-4-2/h19-20,23,25,55,59,64-65,69-70H,3-18,21-22,24,26-54,56-58,60-63H2,1-2H3,(H,68,71)/b20-19-,25-23-,59-55+. The fourth-order valence-corrected chi connectivity index (χ4v) is 10.1. The van der Waals surface area contributed by atoms with Gasteiger partial charge in [0.1, 0.15) is 0 Å². The quantitative estimate of drug-likeness (QED) is 0.0320. The van der Waals surface area contributed by atoms with Gasteiger partial charge < -0.3 is 20.3 Å². The Morgan fingerprint density at radius 1 is 0.384 bits per heavy atom. The van der Waals surface area contributed by atoms with Gasteiger partial charge in [0.15, 0.2) is 0 Å². The monoisotopic (exact) mass is 1030 g/mol. The normalized spacial score (nSPS) is 12.8. The summed E-state index contributed by atoms with van der Waals surface area (Å²) in [6, 6.07) is -0.630. The van der Waals surface area contributed by atoms with Crippen molar-refractivity contribution < 1.29 is 24.5 Å². The first-order chi connectivity index (χ1) is 36.0. The summed E-state index contributed by atoms with van der Waals surface area (Å²) in [4.78, 5) is 24.5. The van der Waals surface area contributed by atoms with Crippen molar-refractivity contribution in [2.45, 2.75) is 366 Å². The summed E-state index contributed by atoms with van der Waals surface area (Å²) >= 11 is 0. The van der Waals surface area contributed by atoms with Gasteiger partial charge >= 0.3 is 5.97 Å². The van der Waals surface area contributed by atoms with E-state index in [4.69, 9.17) is 4.74 Å². The van der Waals surface area contributed by atoms with Crippen molar-refractivity contribution in [3.05, 3.63) is 36.5 Å². The highest BCUT2D eigenvalue weighted by atomic mass is 16.5. The predicted molar refractivity (Wildman–Crippen MR) is 319 cm³/mol. The van der Waals surface area contributed by atoms with E-state index >= 15 is 0 Å². The largest absolute Gasteiger partial charge is 0.466 e. The molecule has 0 saturated carbocycles. The molecule has 0 radical (unpaired) electrons. The van der Waals surface area contributed by atoms with Crippen LogP contribution in [0, 0.1) is 0 Å². The van der Waals surface area contributed by atoms with Crippen molar-refractivity contribution in [1.29, 1.82) is 0 Å². The average molecular weight is 1030 g/mol. The molecular weight excluding hydrogens is 899 g/mol. The van der Waals surface area contributed by atoms with Crippen molar-refractivity contribution in [3.63, 3.8) is 0 Å². The van der Waals surface area contributed by atoms with Gasteiger partial charge in [-0.25, -0.2) is 0 Å². The number of hydrogen-bond acceptors (Lipinski definition) is 5. The van der Waals surface area contributed by atoms with Crippen molar-refractivity contribution in [2.24, 2.45) is 0 Å². The van der Waals surface area contributed by atoms with Crippen molar-refractivity contribution >= 4 is 11.9 Å². The van der Waals surface area contributed by atoms with Gasteiger partial charge in [-0.15, -0.1) is 0 Å². The highest BCUT2D eigenvalue weighted by molar-refractivity contribution is 5.76. The molecule has 0 heterocycles. The second-order valence-corrected chi connectivity index (χ2v) is 22.5. The SMILES string of the molecule is CCCCCCCCCCCCC/C=C/C(O)C(CO)NC(=O)CCCCCCCCCCCCC/C=C\C/C=C\CCCCCCCCCCCOC(=O)CCCCCCCCCCCCCCCCCC. The van der Waals surface area contributed by atoms with Crippen LogP contribution >= 0.6 is 0 Å². The molecule has 6 heteroatoms. The Morgan fingerprint density at radius 2 is 0.685 bits per heavy atom. The summed E-state index contributed by atoms with van der Waals surface area (Å²) in [6.45, 7) is 4.92. The van der Waals surface area contributed by atoms with Crippen LogP contribution in [0.5, 0.6) is 0 Å². The predicted octanol–water partition coefficient (Wildman–Crippen LogP) is 20.8. The minimum absolute atomic E-state index is 0.0138. The van der Waals surface area contributed by atoms with Crippen molar-refractivity contribution in [1.82, 2.24) is 5.32 Å². The van der Waals surface area contributed by atoms with Gasteiger partial charge in [-0.1, -0.05) is 314 Å². The Bertz CT molecular complexity index is 1180. The molecule has 0 fully saturated rings. The highest BCUT2D eigenvalue weighted by Crippen LogP contribution is 2.17. The van der Waals surface area contributed by atoms with E-state index in [-0.39, 0.29) is 18.5 Å². The fraction of sp³-hybridized carbons (Fsp3) is 0.881. The molecule has 0 aromatic rings. The first-order valence-corrected chi connectivity index (χ1v) is 32.8. The number of aliphatic hydroxyl groups excluding tert-OH is 2. The lowest BCUT2D eigenvalue weighted by molar-refractivity contribution is -0.143. The molecule has 0 aliphatic carbocycles. The lowest BCUT2D eigenvalue weighted by Gasteiger charge is -2.20. The van der Waals surface area contributed by atoms with Crippen LogP contribution in [0.3, 0.4) is 0 Å². The first-order valence-electron chi connectivity index (χ1n) is 32.8. The van der Waals surface area contributed by atoms with E-state index in [9.17, 15) is 19.8 Å². The number of ether oxygens (including phenoxy) is 1. The zero-order valence-electron chi connectivity index (χ0n) is 49.1. The molecule has 0 aromatic heterocycles. The Morgan fingerprint density at radius 3 is 1.04 bits per heavy atom. The second kappa shape index (κ2) is 62.6. The van der Waals surface area contributed by atoms with E-state index in [0.29, 0.717) is 19.4 Å². The minimum Gasteiger partial charge on any atom is -0.466 e. The fourth-order valence-electron chi connectivity index (χ4n) is 10.1. The first kappa shape index (κ1) is 71.1. The third-order valence-electron chi connectivity index (χ3n) is 15.2. The Labute approximate surface area is 455 Å². The van der Waals surface area contributed by atoms with Gasteiger partial charge in [0.05, 0.1) is 25.4 Å². The molecule has 0 aromatic carbocycles. The molecule has 0 spiro atoms. The van der Waals surface area contributed by atoms with Crippen LogP contribution in [0.2, 0.25) is 0 Å². The molecule has 430 valence electrons. The van der Waals surface area contributed by atoms with Crippen molar-refractivity contribution in [3.8, 4) is 0 Å². The maximum atomic E-state index is 12.5. The molecule has 0 saturated heterocycles. The van der Waals surface area contributed by atoms with E-state index in [1.165, 1.54) is 283 Å². The topological polar surface area (TPSA) is 95.9 Å². The Balaban J connectivity index is 3.41. The highest BCUT2D eigenvalue weighted by Gasteiger charge is 2.18. The molecule has 0 aliphatic heterocycles. The summed E-state index contributed by atoms with van der Waals surface area (Å²) in [5, 5.41) is 23.1. The molecule has 3 N–H and O–H groups in total. The van der Waals surface area contributed by atoms with E-state index in [2.05, 4.69) is 43.5 Å². The number of amides is 1. The van der Waals surface area contributed by atoms with Crippen LogP contribution in [0.4, 0.5) is 0 Å². The van der Waals surface area contributed by atoms with Gasteiger partial charge in [-0.2, -0.15) is 0 Å². The third kappa shape index (κ3) is 59.2. The number of nitrogens with one attached hydrogen (secondary N) is 1. The number of carbonyl (C=O) groups is 2. The van der Waals surface area contributed by atoms with Crippen LogP contribution in [0.15, 0.2) is 36.5 Å². The molecule has 0 bridgehead atoms. The number of aliphatic hydroxyl groups is 2. The summed E-state index contributed by atoms with van der Waals surface area (Å²) < 4.78 is 5.49. The number of esters is 1. The number of rotatable bonds is 61. The van der Waals surface area contributed by atoms with Crippen LogP contribution < -0.4 is 5.32 Å². The van der Waals surface area contributed by atoms with E-state index < -0.39 is 12.1 Å². The van der Waals surface area contributed by atoms with Gasteiger partial charge in [-0.3, -0.25) is 9.59 Å². The molecule has 2 atom stereocenters. The number of carbonyl (C=O) groups excluding carboxylic acids is 2. The number of unbranched alkanes of at least 4 members (excludes halogenated alkanes) is 46. The summed E-state index contributed by atoms with van der Waals surface area (Å²) in [5.41, 5.74) is 0. The summed E-state index contributed by atoms with van der Waals surface area (Å²) in [5.74, 6) is -0.0567. The van der Waals surface area contributed by atoms with Crippen LogP contribution in [-0.4, -0.2) is 47.4 Å². The second-order valence-electron chi connectivity index (χ2n) is 22.5. The maximum absolute atomic E-state index is 12.5. The van der Waals surface area contributed by atoms with Gasteiger partial charge in [0.2, 0.25) is 5.91 Å². The van der Waals surface area contributed by atoms with Crippen molar-refractivity contribution in [2.75, 3.05) is 13.2 Å². The molecule has 6 nitrogen and oxygen atoms in total. The number of hydrogen-bond donors (Lipinski definition) is 3. The lowest BCUT2D eigenvalue weighted by atomic mass is 10.0. The zero-order valence-corrected chi connectivity index (χ0v) is 49.1. The maximum Gasteiger partial charge on any atom is 0.305 e. The van der Waals surface area contributed by atoms with E-state index in [0.717, 1.165) is 44.9 Å².